The third-order valence-electron chi connectivity index (χ3n) is 3.95. The van der Waals surface area contributed by atoms with Gasteiger partial charge in [-0.05, 0) is 48.6 Å². The molecule has 1 aromatic heterocycles. The Morgan fingerprint density at radius 2 is 2.13 bits per heavy atom. The van der Waals surface area contributed by atoms with Crippen LogP contribution in [0.15, 0.2) is 36.7 Å². The van der Waals surface area contributed by atoms with Gasteiger partial charge in [-0.15, -0.1) is 0 Å². The third kappa shape index (κ3) is 4.03. The molecule has 2 N–H and O–H groups in total. The third-order valence-corrected chi connectivity index (χ3v) is 3.95. The molecule has 0 radical (unpaired) electrons. The van der Waals surface area contributed by atoms with Gasteiger partial charge in [0, 0.05) is 25.4 Å². The number of anilines is 1. The average Bonchev–Trinajstić information content (AvgIpc) is 2.94. The van der Waals surface area contributed by atoms with Gasteiger partial charge >= 0.3 is 0 Å². The zero-order valence-corrected chi connectivity index (χ0v) is 12.8. The second-order valence-corrected chi connectivity index (χ2v) is 5.60. The Morgan fingerprint density at radius 3 is 2.96 bits per heavy atom. The van der Waals surface area contributed by atoms with Crippen LogP contribution in [-0.2, 0) is 11.2 Å². The summed E-state index contributed by atoms with van der Waals surface area (Å²) in [6.07, 6.45) is 6.12. The van der Waals surface area contributed by atoms with Crippen LogP contribution in [0.3, 0.4) is 0 Å². The molecule has 3 rings (SSSR count). The highest BCUT2D eigenvalue weighted by Gasteiger charge is 2.23. The summed E-state index contributed by atoms with van der Waals surface area (Å²) >= 11 is 0. The van der Waals surface area contributed by atoms with E-state index in [9.17, 15) is 9.18 Å². The van der Waals surface area contributed by atoms with Crippen LogP contribution in [0.4, 0.5) is 10.3 Å². The van der Waals surface area contributed by atoms with Crippen LogP contribution in [0.2, 0.25) is 0 Å². The Bertz CT molecular complexity index is 678. The monoisotopic (exact) mass is 314 g/mol. The molecule has 0 bridgehead atoms. The predicted octanol–water partition coefficient (Wildman–Crippen LogP) is 2.61. The molecular weight excluding hydrogens is 295 g/mol. The molecule has 0 saturated carbocycles. The first-order valence-electron chi connectivity index (χ1n) is 7.81. The molecule has 5 nitrogen and oxygen atoms in total. The van der Waals surface area contributed by atoms with Crippen LogP contribution in [0.5, 0.6) is 0 Å². The van der Waals surface area contributed by atoms with Gasteiger partial charge in [0.15, 0.2) is 0 Å². The van der Waals surface area contributed by atoms with Gasteiger partial charge in [-0.2, -0.15) is 0 Å². The van der Waals surface area contributed by atoms with Gasteiger partial charge in [-0.1, -0.05) is 6.07 Å². The Hall–Kier alpha value is -2.50. The fourth-order valence-electron chi connectivity index (χ4n) is 2.84. The Morgan fingerprint density at radius 1 is 1.30 bits per heavy atom. The summed E-state index contributed by atoms with van der Waals surface area (Å²) in [7, 11) is 0. The molecule has 2 aromatic rings. The van der Waals surface area contributed by atoms with Crippen molar-refractivity contribution in [2.45, 2.75) is 31.7 Å². The van der Waals surface area contributed by atoms with Crippen molar-refractivity contribution in [3.8, 4) is 0 Å². The van der Waals surface area contributed by atoms with Gasteiger partial charge in [0.25, 0.3) is 0 Å². The lowest BCUT2D eigenvalue weighted by atomic mass is 10.1. The van der Waals surface area contributed by atoms with Crippen molar-refractivity contribution in [1.82, 2.24) is 15.3 Å². The number of aryl methyl sites for hydroxylation is 1. The van der Waals surface area contributed by atoms with E-state index in [4.69, 9.17) is 0 Å². The number of nitrogens with zero attached hydrogens (tertiary/aromatic N) is 2. The van der Waals surface area contributed by atoms with E-state index < -0.39 is 0 Å². The van der Waals surface area contributed by atoms with Crippen LogP contribution < -0.4 is 10.6 Å². The molecule has 0 fully saturated rings. The second kappa shape index (κ2) is 7.17. The number of hydrogen-bond acceptors (Lipinski definition) is 4. The SMILES string of the molecule is O=C(CCCNc1ncccn1)N[C@@H]1CCc2cc(F)ccc21. The minimum atomic E-state index is -0.218. The van der Waals surface area contributed by atoms with Crippen molar-refractivity contribution >= 4 is 11.9 Å². The van der Waals surface area contributed by atoms with Crippen LogP contribution in [0.25, 0.3) is 0 Å². The molecule has 0 aliphatic heterocycles. The molecule has 1 aliphatic rings. The molecule has 0 saturated heterocycles. The van der Waals surface area contributed by atoms with Crippen molar-refractivity contribution in [2.75, 3.05) is 11.9 Å². The number of nitrogens with one attached hydrogen (secondary N) is 2. The first-order chi connectivity index (χ1) is 11.2. The van der Waals surface area contributed by atoms with E-state index in [1.807, 2.05) is 0 Å². The number of amides is 1. The van der Waals surface area contributed by atoms with E-state index in [1.54, 1.807) is 30.6 Å². The maximum atomic E-state index is 13.2. The van der Waals surface area contributed by atoms with Gasteiger partial charge in [0.05, 0.1) is 6.04 Å². The normalized spacial score (nSPS) is 16.0. The summed E-state index contributed by atoms with van der Waals surface area (Å²) in [5, 5.41) is 6.10. The maximum absolute atomic E-state index is 13.2. The number of benzene rings is 1. The second-order valence-electron chi connectivity index (χ2n) is 5.60. The van der Waals surface area contributed by atoms with E-state index in [-0.39, 0.29) is 17.8 Å². The molecule has 120 valence electrons. The highest BCUT2D eigenvalue weighted by atomic mass is 19.1. The van der Waals surface area contributed by atoms with Crippen molar-refractivity contribution in [1.29, 1.82) is 0 Å². The molecule has 1 heterocycles. The number of hydrogen-bond donors (Lipinski definition) is 2. The molecule has 1 amide bonds. The summed E-state index contributed by atoms with van der Waals surface area (Å²) in [6.45, 7) is 0.643. The quantitative estimate of drug-likeness (QED) is 0.804. The zero-order chi connectivity index (χ0) is 16.1. The molecular formula is C17H19FN4O. The first kappa shape index (κ1) is 15.4. The van der Waals surface area contributed by atoms with Crippen LogP contribution in [0.1, 0.15) is 36.4 Å². The standard InChI is InChI=1S/C17H19FN4O/c18-13-5-6-14-12(11-13)4-7-15(14)22-16(23)3-1-8-19-17-20-9-2-10-21-17/h2,5-6,9-11,15H,1,3-4,7-8H2,(H,22,23)(H,19,20,21)/t15-/m1/s1. The highest BCUT2D eigenvalue weighted by Crippen LogP contribution is 2.31. The van der Waals surface area contributed by atoms with E-state index >= 15 is 0 Å². The lowest BCUT2D eigenvalue weighted by Crippen LogP contribution is -2.27. The van der Waals surface area contributed by atoms with E-state index in [1.165, 1.54) is 6.07 Å². The Kier molecular flexibility index (Phi) is 4.80. The first-order valence-corrected chi connectivity index (χ1v) is 7.81. The van der Waals surface area contributed by atoms with E-state index in [0.29, 0.717) is 25.3 Å². The number of fused-ring (bicyclic) bond motifs is 1. The molecule has 1 aromatic carbocycles. The summed E-state index contributed by atoms with van der Waals surface area (Å²) < 4.78 is 13.2. The Balaban J connectivity index is 1.42. The van der Waals surface area contributed by atoms with Crippen molar-refractivity contribution in [2.24, 2.45) is 0 Å². The summed E-state index contributed by atoms with van der Waals surface area (Å²) in [5.74, 6) is 0.368. The minimum Gasteiger partial charge on any atom is -0.354 e. The van der Waals surface area contributed by atoms with Gasteiger partial charge in [0.1, 0.15) is 5.82 Å². The van der Waals surface area contributed by atoms with Crippen LogP contribution in [0, 0.1) is 5.82 Å². The molecule has 1 atom stereocenters. The molecule has 6 heteroatoms. The van der Waals surface area contributed by atoms with Gasteiger partial charge in [0.2, 0.25) is 11.9 Å². The fourth-order valence-corrected chi connectivity index (χ4v) is 2.84. The Labute approximate surface area is 134 Å². The number of aromatic nitrogens is 2. The smallest absolute Gasteiger partial charge is 0.222 e. The number of rotatable bonds is 6. The lowest BCUT2D eigenvalue weighted by Gasteiger charge is -2.14. The molecule has 23 heavy (non-hydrogen) atoms. The van der Waals surface area contributed by atoms with Crippen LogP contribution in [-0.4, -0.2) is 22.4 Å². The fraction of sp³-hybridized carbons (Fsp3) is 0.353. The van der Waals surface area contributed by atoms with Crippen molar-refractivity contribution in [3.05, 3.63) is 53.6 Å². The van der Waals surface area contributed by atoms with Gasteiger partial charge < -0.3 is 10.6 Å². The number of carbonyl (C=O) groups is 1. The summed E-state index contributed by atoms with van der Waals surface area (Å²) in [4.78, 5) is 20.2. The zero-order valence-electron chi connectivity index (χ0n) is 12.8. The van der Waals surface area contributed by atoms with Crippen molar-refractivity contribution < 1.29 is 9.18 Å². The average molecular weight is 314 g/mol. The topological polar surface area (TPSA) is 66.9 Å². The predicted molar refractivity (Wildman–Crippen MR) is 85.4 cm³/mol. The molecule has 0 unspecified atom stereocenters. The van der Waals surface area contributed by atoms with Crippen LogP contribution >= 0.6 is 0 Å². The molecule has 0 spiro atoms. The van der Waals surface area contributed by atoms with Gasteiger partial charge in [-0.3, -0.25) is 4.79 Å². The highest BCUT2D eigenvalue weighted by molar-refractivity contribution is 5.76. The summed E-state index contributed by atoms with van der Waals surface area (Å²) in [6, 6.07) is 6.54. The van der Waals surface area contributed by atoms with E-state index in [0.717, 1.165) is 24.0 Å². The minimum absolute atomic E-state index is 0.00326. The van der Waals surface area contributed by atoms with E-state index in [2.05, 4.69) is 20.6 Å². The number of carbonyl (C=O) groups excluding carboxylic acids is 1. The largest absolute Gasteiger partial charge is 0.354 e. The number of halogens is 1. The van der Waals surface area contributed by atoms with Gasteiger partial charge in [-0.25, -0.2) is 14.4 Å². The maximum Gasteiger partial charge on any atom is 0.222 e. The molecule has 1 aliphatic carbocycles. The van der Waals surface area contributed by atoms with Crippen molar-refractivity contribution in [3.63, 3.8) is 0 Å². The lowest BCUT2D eigenvalue weighted by molar-refractivity contribution is -0.121. The summed E-state index contributed by atoms with van der Waals surface area (Å²) in [5.41, 5.74) is 2.04.